The molecule has 0 spiro atoms. The molecular weight excluding hydrogens is 290 g/mol. The molecule has 1 amide bonds. The quantitative estimate of drug-likeness (QED) is 0.824. The highest BCUT2D eigenvalue weighted by Gasteiger charge is 2.14. The second-order valence-electron chi connectivity index (χ2n) is 3.83. The summed E-state index contributed by atoms with van der Waals surface area (Å²) in [5.41, 5.74) is 6.55. The van der Waals surface area contributed by atoms with Crippen molar-refractivity contribution in [1.29, 1.82) is 0 Å². The number of hydrogen-bond donors (Lipinski definition) is 2. The number of anilines is 2. The van der Waals surface area contributed by atoms with Gasteiger partial charge in [-0.25, -0.2) is 4.39 Å². The molecule has 0 radical (unpaired) electrons. The first-order valence-electron chi connectivity index (χ1n) is 5.29. The first-order chi connectivity index (χ1) is 8.97. The lowest BCUT2D eigenvalue weighted by Crippen LogP contribution is -2.13. The van der Waals surface area contributed by atoms with Crippen molar-refractivity contribution in [3.8, 4) is 0 Å². The van der Waals surface area contributed by atoms with Crippen molar-refractivity contribution in [3.63, 3.8) is 0 Å². The van der Waals surface area contributed by atoms with Crippen LogP contribution in [0.3, 0.4) is 0 Å². The maximum absolute atomic E-state index is 12.7. The maximum atomic E-state index is 12.7. The Bertz CT molecular complexity index is 629. The normalized spacial score (nSPS) is 10.3. The SMILES string of the molecule is Nc1cc(Cl)c(Cl)c(C(=O)Nc2ccc(F)cc2)c1. The molecule has 0 aliphatic heterocycles. The van der Waals surface area contributed by atoms with Gasteiger partial charge in [0.1, 0.15) is 5.82 Å². The lowest BCUT2D eigenvalue weighted by Gasteiger charge is -2.08. The van der Waals surface area contributed by atoms with Crippen LogP contribution in [0.25, 0.3) is 0 Å². The minimum absolute atomic E-state index is 0.121. The van der Waals surface area contributed by atoms with E-state index >= 15 is 0 Å². The van der Waals surface area contributed by atoms with Crippen LogP contribution in [0.15, 0.2) is 36.4 Å². The number of hydrogen-bond acceptors (Lipinski definition) is 2. The molecule has 0 aliphatic rings. The Kier molecular flexibility index (Phi) is 3.93. The van der Waals surface area contributed by atoms with Crippen LogP contribution < -0.4 is 11.1 Å². The Morgan fingerprint density at radius 2 is 1.79 bits per heavy atom. The zero-order valence-corrected chi connectivity index (χ0v) is 11.1. The molecule has 0 aromatic heterocycles. The molecule has 3 N–H and O–H groups in total. The molecule has 0 fully saturated rings. The molecule has 0 bridgehead atoms. The van der Waals surface area contributed by atoms with Crippen molar-refractivity contribution in [3.05, 3.63) is 57.8 Å². The number of halogens is 3. The lowest BCUT2D eigenvalue weighted by molar-refractivity contribution is 0.102. The summed E-state index contributed by atoms with van der Waals surface area (Å²) in [4.78, 5) is 12.0. The molecule has 2 aromatic carbocycles. The van der Waals surface area contributed by atoms with E-state index in [1.54, 1.807) is 0 Å². The Labute approximate surface area is 119 Å². The topological polar surface area (TPSA) is 55.1 Å². The number of carbonyl (C=O) groups excluding carboxylic acids is 1. The summed E-state index contributed by atoms with van der Waals surface area (Å²) in [5, 5.41) is 2.90. The molecule has 0 atom stereocenters. The zero-order chi connectivity index (χ0) is 14.0. The molecule has 98 valence electrons. The highest BCUT2D eigenvalue weighted by Crippen LogP contribution is 2.29. The van der Waals surface area contributed by atoms with Crippen LogP contribution in [0.4, 0.5) is 15.8 Å². The molecular formula is C13H9Cl2FN2O. The summed E-state index contributed by atoms with van der Waals surface area (Å²) in [6.07, 6.45) is 0. The minimum Gasteiger partial charge on any atom is -0.399 e. The van der Waals surface area contributed by atoms with Crippen LogP contribution in [0.1, 0.15) is 10.4 Å². The number of nitrogen functional groups attached to an aromatic ring is 1. The van der Waals surface area contributed by atoms with Gasteiger partial charge in [0.25, 0.3) is 5.91 Å². The lowest BCUT2D eigenvalue weighted by atomic mass is 10.2. The summed E-state index contributed by atoms with van der Waals surface area (Å²) in [5.74, 6) is -0.853. The van der Waals surface area contributed by atoms with E-state index in [0.29, 0.717) is 11.4 Å². The van der Waals surface area contributed by atoms with Crippen LogP contribution in [0.2, 0.25) is 10.0 Å². The van der Waals surface area contributed by atoms with Gasteiger partial charge >= 0.3 is 0 Å². The van der Waals surface area contributed by atoms with Gasteiger partial charge in [0.05, 0.1) is 15.6 Å². The van der Waals surface area contributed by atoms with Crippen molar-refractivity contribution in [2.75, 3.05) is 11.1 Å². The smallest absolute Gasteiger partial charge is 0.257 e. The van der Waals surface area contributed by atoms with E-state index in [9.17, 15) is 9.18 Å². The van der Waals surface area contributed by atoms with Gasteiger partial charge < -0.3 is 11.1 Å². The molecule has 0 saturated heterocycles. The standard InChI is InChI=1S/C13H9Cl2FN2O/c14-11-6-8(17)5-10(12(11)15)13(19)18-9-3-1-7(16)2-4-9/h1-6H,17H2,(H,18,19). The fourth-order valence-corrected chi connectivity index (χ4v) is 1.93. The molecule has 0 saturated carbocycles. The number of nitrogens with two attached hydrogens (primary N) is 1. The molecule has 19 heavy (non-hydrogen) atoms. The van der Waals surface area contributed by atoms with Gasteiger partial charge in [-0.3, -0.25) is 4.79 Å². The molecule has 0 aliphatic carbocycles. The van der Waals surface area contributed by atoms with Gasteiger partial charge in [0.2, 0.25) is 0 Å². The van der Waals surface area contributed by atoms with Crippen molar-refractivity contribution < 1.29 is 9.18 Å². The van der Waals surface area contributed by atoms with Gasteiger partial charge in [-0.15, -0.1) is 0 Å². The second kappa shape index (κ2) is 5.47. The Balaban J connectivity index is 2.27. The second-order valence-corrected chi connectivity index (χ2v) is 4.61. The maximum Gasteiger partial charge on any atom is 0.257 e. The number of nitrogens with one attached hydrogen (secondary N) is 1. The molecule has 2 rings (SSSR count). The fourth-order valence-electron chi connectivity index (χ4n) is 1.51. The average molecular weight is 299 g/mol. The monoisotopic (exact) mass is 298 g/mol. The van der Waals surface area contributed by atoms with Gasteiger partial charge in [0.15, 0.2) is 0 Å². The molecule has 0 heterocycles. The zero-order valence-electron chi connectivity index (χ0n) is 9.58. The van der Waals surface area contributed by atoms with Crippen molar-refractivity contribution >= 4 is 40.5 Å². The molecule has 3 nitrogen and oxygen atoms in total. The van der Waals surface area contributed by atoms with Crippen molar-refractivity contribution in [1.82, 2.24) is 0 Å². The number of rotatable bonds is 2. The van der Waals surface area contributed by atoms with E-state index in [-0.39, 0.29) is 21.4 Å². The fraction of sp³-hybridized carbons (Fsp3) is 0. The van der Waals surface area contributed by atoms with Gasteiger partial charge in [0, 0.05) is 11.4 Å². The van der Waals surface area contributed by atoms with E-state index in [2.05, 4.69) is 5.32 Å². The molecule has 6 heteroatoms. The summed E-state index contributed by atoms with van der Waals surface area (Å²) >= 11 is 11.8. The summed E-state index contributed by atoms with van der Waals surface area (Å²) in [6, 6.07) is 8.24. The minimum atomic E-state index is -0.467. The third-order valence-corrected chi connectivity index (χ3v) is 3.20. The van der Waals surface area contributed by atoms with E-state index in [4.69, 9.17) is 28.9 Å². The highest BCUT2D eigenvalue weighted by atomic mass is 35.5. The third kappa shape index (κ3) is 3.16. The average Bonchev–Trinajstić information content (AvgIpc) is 2.36. The first kappa shape index (κ1) is 13.6. The van der Waals surface area contributed by atoms with Crippen LogP contribution in [-0.4, -0.2) is 5.91 Å². The number of benzene rings is 2. The Morgan fingerprint density at radius 3 is 2.42 bits per heavy atom. The predicted octanol–water partition coefficient (Wildman–Crippen LogP) is 3.97. The number of amides is 1. The van der Waals surface area contributed by atoms with Gasteiger partial charge in [-0.2, -0.15) is 0 Å². The van der Waals surface area contributed by atoms with E-state index in [0.717, 1.165) is 0 Å². The number of carbonyl (C=O) groups is 1. The van der Waals surface area contributed by atoms with E-state index in [1.165, 1.54) is 36.4 Å². The largest absolute Gasteiger partial charge is 0.399 e. The van der Waals surface area contributed by atoms with Crippen molar-refractivity contribution in [2.45, 2.75) is 0 Å². The van der Waals surface area contributed by atoms with Crippen molar-refractivity contribution in [2.24, 2.45) is 0 Å². The predicted molar refractivity (Wildman–Crippen MR) is 75.2 cm³/mol. The van der Waals surface area contributed by atoms with Gasteiger partial charge in [-0.05, 0) is 36.4 Å². The Hall–Kier alpha value is -1.78. The highest BCUT2D eigenvalue weighted by molar-refractivity contribution is 6.44. The third-order valence-electron chi connectivity index (χ3n) is 2.40. The summed E-state index contributed by atoms with van der Waals surface area (Å²) in [6.45, 7) is 0. The Morgan fingerprint density at radius 1 is 1.16 bits per heavy atom. The molecule has 0 unspecified atom stereocenters. The van der Waals surface area contributed by atoms with Crippen LogP contribution in [0.5, 0.6) is 0 Å². The molecule has 2 aromatic rings. The summed E-state index contributed by atoms with van der Waals surface area (Å²) in [7, 11) is 0. The van der Waals surface area contributed by atoms with E-state index < -0.39 is 5.91 Å². The first-order valence-corrected chi connectivity index (χ1v) is 6.04. The van der Waals surface area contributed by atoms with Crippen LogP contribution >= 0.6 is 23.2 Å². The summed E-state index contributed by atoms with van der Waals surface area (Å²) < 4.78 is 12.7. The van der Waals surface area contributed by atoms with Gasteiger partial charge in [-0.1, -0.05) is 23.2 Å². The van der Waals surface area contributed by atoms with Crippen LogP contribution in [-0.2, 0) is 0 Å². The van der Waals surface area contributed by atoms with Crippen LogP contribution in [0, 0.1) is 5.82 Å². The van der Waals surface area contributed by atoms with E-state index in [1.807, 2.05) is 0 Å².